The Morgan fingerprint density at radius 2 is 1.88 bits per heavy atom. The fraction of sp³-hybridized carbons (Fsp3) is 0.250. The molecule has 0 bridgehead atoms. The summed E-state index contributed by atoms with van der Waals surface area (Å²) in [5.41, 5.74) is -1.15. The second-order valence-corrected chi connectivity index (χ2v) is 3.48. The Labute approximate surface area is 95.8 Å². The Morgan fingerprint density at radius 1 is 1.24 bits per heavy atom. The normalized spacial score (nSPS) is 12.6. The van der Waals surface area contributed by atoms with Crippen molar-refractivity contribution < 1.29 is 22.0 Å². The van der Waals surface area contributed by atoms with Crippen LogP contribution < -0.4 is 0 Å². The van der Waals surface area contributed by atoms with E-state index in [0.717, 1.165) is 12.1 Å². The molecule has 17 heavy (non-hydrogen) atoms. The highest BCUT2D eigenvalue weighted by atomic mass is 35.5. The van der Waals surface area contributed by atoms with E-state index in [1.165, 1.54) is 0 Å². The van der Waals surface area contributed by atoms with E-state index in [0.29, 0.717) is 4.52 Å². The summed E-state index contributed by atoms with van der Waals surface area (Å²) in [6, 6.07) is 1.95. The van der Waals surface area contributed by atoms with Gasteiger partial charge < -0.3 is 0 Å². The topological polar surface area (TPSA) is 30.2 Å². The highest BCUT2D eigenvalue weighted by molar-refractivity contribution is 6.33. The van der Waals surface area contributed by atoms with Crippen molar-refractivity contribution in [2.24, 2.45) is 0 Å². The predicted octanol–water partition coefficient (Wildman–Crippen LogP) is 3.34. The molecule has 2 aromatic heterocycles. The Hall–Kier alpha value is -1.44. The van der Waals surface area contributed by atoms with Crippen LogP contribution in [0.25, 0.3) is 5.65 Å². The van der Waals surface area contributed by atoms with Crippen LogP contribution in [0.1, 0.15) is 17.9 Å². The Bertz CT molecular complexity index is 562. The molecule has 9 heteroatoms. The molecule has 0 spiro atoms. The van der Waals surface area contributed by atoms with Gasteiger partial charge in [0.2, 0.25) is 0 Å². The summed E-state index contributed by atoms with van der Waals surface area (Å²) in [4.78, 5) is 3.09. The number of hydrogen-bond acceptors (Lipinski definition) is 2. The molecule has 0 radical (unpaired) electrons. The van der Waals surface area contributed by atoms with Gasteiger partial charge in [0.15, 0.2) is 5.65 Å². The van der Waals surface area contributed by atoms with E-state index >= 15 is 0 Å². The lowest BCUT2D eigenvalue weighted by Gasteiger charge is -2.02. The van der Waals surface area contributed by atoms with E-state index in [9.17, 15) is 22.0 Å². The largest absolute Gasteiger partial charge is 0.453 e. The third-order valence-corrected chi connectivity index (χ3v) is 2.24. The quantitative estimate of drug-likeness (QED) is 0.745. The van der Waals surface area contributed by atoms with Crippen LogP contribution in [0, 0.1) is 0 Å². The molecule has 0 saturated heterocycles. The van der Waals surface area contributed by atoms with Crippen LogP contribution in [-0.4, -0.2) is 14.6 Å². The lowest BCUT2D eigenvalue weighted by atomic mass is 10.3. The number of rotatable bonds is 1. The number of halogens is 6. The Balaban J connectivity index is 2.74. The van der Waals surface area contributed by atoms with Gasteiger partial charge in [-0.05, 0) is 12.1 Å². The van der Waals surface area contributed by atoms with Gasteiger partial charge in [0, 0.05) is 0 Å². The molecule has 0 N–H and O–H groups in total. The first-order valence-corrected chi connectivity index (χ1v) is 4.59. The summed E-state index contributed by atoms with van der Waals surface area (Å²) in [5.74, 6) is -1.51. The number of fused-ring (bicyclic) bond motifs is 1. The van der Waals surface area contributed by atoms with Crippen molar-refractivity contribution in [3.05, 3.63) is 28.7 Å². The smallest absolute Gasteiger partial charge is 0.210 e. The summed E-state index contributed by atoms with van der Waals surface area (Å²) in [6.45, 7) is 0. The maximum absolute atomic E-state index is 12.5. The number of pyridine rings is 1. The van der Waals surface area contributed by atoms with Crippen molar-refractivity contribution in [2.45, 2.75) is 12.6 Å². The maximum Gasteiger partial charge on any atom is 0.453 e. The van der Waals surface area contributed by atoms with Crippen LogP contribution in [0.4, 0.5) is 22.0 Å². The molecule has 0 aromatic carbocycles. The lowest BCUT2D eigenvalue weighted by molar-refractivity contribution is -0.144. The van der Waals surface area contributed by atoms with Crippen molar-refractivity contribution in [3.8, 4) is 0 Å². The summed E-state index contributed by atoms with van der Waals surface area (Å²) in [7, 11) is 0. The number of aromatic nitrogens is 3. The second kappa shape index (κ2) is 3.80. The monoisotopic (exact) mass is 271 g/mol. The molecule has 0 aliphatic carbocycles. The van der Waals surface area contributed by atoms with E-state index in [1.807, 2.05) is 0 Å². The SMILES string of the molecule is FC(F)c1ccc(Cl)c2nc(C(F)(F)F)nn12. The fourth-order valence-corrected chi connectivity index (χ4v) is 1.42. The number of nitrogens with zero attached hydrogens (tertiary/aromatic N) is 3. The van der Waals surface area contributed by atoms with E-state index in [2.05, 4.69) is 10.1 Å². The van der Waals surface area contributed by atoms with Crippen LogP contribution in [0.3, 0.4) is 0 Å². The average Bonchev–Trinajstić information content (AvgIpc) is 2.62. The highest BCUT2D eigenvalue weighted by Crippen LogP contribution is 2.30. The van der Waals surface area contributed by atoms with E-state index in [1.54, 1.807) is 0 Å². The van der Waals surface area contributed by atoms with Gasteiger partial charge in [-0.15, -0.1) is 5.10 Å². The zero-order valence-electron chi connectivity index (χ0n) is 7.84. The molecule has 3 nitrogen and oxygen atoms in total. The number of alkyl halides is 5. The molecule has 2 aromatic rings. The molecule has 0 atom stereocenters. The summed E-state index contributed by atoms with van der Waals surface area (Å²) >= 11 is 5.56. The second-order valence-electron chi connectivity index (χ2n) is 3.08. The van der Waals surface area contributed by atoms with Gasteiger partial charge >= 0.3 is 6.18 Å². The van der Waals surface area contributed by atoms with Crippen LogP contribution in [0.5, 0.6) is 0 Å². The van der Waals surface area contributed by atoms with E-state index in [4.69, 9.17) is 11.6 Å². The average molecular weight is 272 g/mol. The highest BCUT2D eigenvalue weighted by Gasteiger charge is 2.37. The summed E-state index contributed by atoms with van der Waals surface area (Å²) in [5, 5.41) is 2.80. The molecule has 2 heterocycles. The van der Waals surface area contributed by atoms with Gasteiger partial charge in [-0.25, -0.2) is 18.3 Å². The molecular formula is C8H3ClF5N3. The lowest BCUT2D eigenvalue weighted by Crippen LogP contribution is -2.08. The van der Waals surface area contributed by atoms with Gasteiger partial charge in [-0.1, -0.05) is 11.6 Å². The molecule has 0 aliphatic rings. The van der Waals surface area contributed by atoms with Crippen LogP contribution in [0.2, 0.25) is 5.02 Å². The first-order valence-electron chi connectivity index (χ1n) is 4.21. The Kier molecular flexibility index (Phi) is 2.69. The Morgan fingerprint density at radius 3 is 2.41 bits per heavy atom. The zero-order chi connectivity index (χ0) is 12.8. The number of hydrogen-bond donors (Lipinski definition) is 0. The molecule has 0 saturated carbocycles. The van der Waals surface area contributed by atoms with Crippen LogP contribution in [0.15, 0.2) is 12.1 Å². The molecule has 92 valence electrons. The minimum atomic E-state index is -4.81. The maximum atomic E-state index is 12.5. The molecule has 0 fully saturated rings. The minimum Gasteiger partial charge on any atom is -0.210 e. The molecule has 2 rings (SSSR count). The molecular weight excluding hydrogens is 269 g/mol. The van der Waals surface area contributed by atoms with Gasteiger partial charge in [0.1, 0.15) is 5.69 Å². The minimum absolute atomic E-state index is 0.183. The van der Waals surface area contributed by atoms with E-state index < -0.39 is 29.8 Å². The van der Waals surface area contributed by atoms with Crippen LogP contribution >= 0.6 is 11.6 Å². The molecule has 0 unspecified atom stereocenters. The van der Waals surface area contributed by atoms with Crippen molar-refractivity contribution in [1.82, 2.24) is 14.6 Å². The van der Waals surface area contributed by atoms with E-state index in [-0.39, 0.29) is 5.02 Å². The molecule has 0 amide bonds. The van der Waals surface area contributed by atoms with Crippen molar-refractivity contribution in [2.75, 3.05) is 0 Å². The van der Waals surface area contributed by atoms with Gasteiger partial charge in [-0.2, -0.15) is 13.2 Å². The first kappa shape index (κ1) is 12.0. The molecule has 0 aliphatic heterocycles. The van der Waals surface area contributed by atoms with Crippen LogP contribution in [-0.2, 0) is 6.18 Å². The zero-order valence-corrected chi connectivity index (χ0v) is 8.60. The van der Waals surface area contributed by atoms with Gasteiger partial charge in [0.05, 0.1) is 5.02 Å². The fourth-order valence-electron chi connectivity index (χ4n) is 1.24. The third kappa shape index (κ3) is 2.04. The van der Waals surface area contributed by atoms with Crippen molar-refractivity contribution in [1.29, 1.82) is 0 Å². The third-order valence-electron chi connectivity index (χ3n) is 1.94. The summed E-state index contributed by atoms with van der Waals surface area (Å²) < 4.78 is 62.4. The predicted molar refractivity (Wildman–Crippen MR) is 48.0 cm³/mol. The first-order chi connectivity index (χ1) is 7.80. The summed E-state index contributed by atoms with van der Waals surface area (Å²) in [6.07, 6.45) is -7.79. The van der Waals surface area contributed by atoms with Crippen molar-refractivity contribution >= 4 is 17.2 Å². The van der Waals surface area contributed by atoms with Gasteiger partial charge in [-0.3, -0.25) is 0 Å². The standard InChI is InChI=1S/C8H3ClF5N3/c9-3-1-2-4(5(10)11)17-6(3)15-7(16-17)8(12,13)14/h1-2,5H. The van der Waals surface area contributed by atoms with Crippen molar-refractivity contribution in [3.63, 3.8) is 0 Å². The van der Waals surface area contributed by atoms with Gasteiger partial charge in [0.25, 0.3) is 12.2 Å².